The van der Waals surface area contributed by atoms with E-state index in [4.69, 9.17) is 40.1 Å². The van der Waals surface area contributed by atoms with E-state index in [1.807, 2.05) is 37.2 Å². The summed E-state index contributed by atoms with van der Waals surface area (Å²) in [5, 5.41) is 9.65. The number of carbonyl (C=O) groups excluding carboxylic acids is 4. The summed E-state index contributed by atoms with van der Waals surface area (Å²) in [6.45, 7) is 1.17. The highest BCUT2D eigenvalue weighted by Gasteiger charge is 2.52. The third-order valence-electron chi connectivity index (χ3n) is 9.05. The Labute approximate surface area is 326 Å². The van der Waals surface area contributed by atoms with Gasteiger partial charge >= 0.3 is 12.1 Å². The Morgan fingerprint density at radius 3 is 2.56 bits per heavy atom. The number of nitrogens with one attached hydrogen (secondary N) is 2. The number of halogens is 2. The number of rotatable bonds is 12. The average Bonchev–Trinajstić information content (AvgIpc) is 3.68. The maximum atomic E-state index is 14.4. The lowest BCUT2D eigenvalue weighted by atomic mass is 9.99. The number of terminal acetylenes is 1. The van der Waals surface area contributed by atoms with E-state index in [2.05, 4.69) is 21.5 Å². The van der Waals surface area contributed by atoms with Crippen molar-refractivity contribution in [2.24, 2.45) is 0 Å². The van der Waals surface area contributed by atoms with Crippen LogP contribution in [0.5, 0.6) is 5.75 Å². The number of nitrogen functional groups attached to an aromatic ring is 1. The Morgan fingerprint density at radius 2 is 1.83 bits per heavy atom. The molecule has 6 rings (SSSR count). The van der Waals surface area contributed by atoms with Gasteiger partial charge in [-0.3, -0.25) is 9.59 Å². The molecule has 4 N–H and O–H groups in total. The van der Waals surface area contributed by atoms with Crippen molar-refractivity contribution >= 4 is 73.8 Å². The fourth-order valence-electron chi connectivity index (χ4n) is 6.47. The fraction of sp³-hybridized carbons (Fsp3) is 0.324. The van der Waals surface area contributed by atoms with Gasteiger partial charge in [-0.05, 0) is 61.1 Å². The van der Waals surface area contributed by atoms with Crippen LogP contribution in [0.2, 0.25) is 10.0 Å². The van der Waals surface area contributed by atoms with Gasteiger partial charge in [0.15, 0.2) is 5.13 Å². The van der Waals surface area contributed by atoms with Crippen molar-refractivity contribution in [3.63, 3.8) is 0 Å². The van der Waals surface area contributed by atoms with Crippen LogP contribution in [0, 0.1) is 12.3 Å². The van der Waals surface area contributed by atoms with Gasteiger partial charge in [0.1, 0.15) is 18.0 Å². The normalized spacial score (nSPS) is 17.1. The minimum Gasteiger partial charge on any atom is -0.410 e. The van der Waals surface area contributed by atoms with Gasteiger partial charge < -0.3 is 35.8 Å². The van der Waals surface area contributed by atoms with Gasteiger partial charge in [0.25, 0.3) is 0 Å². The molecule has 1 aromatic heterocycles. The Hall–Kier alpha value is -5.11. The standard InChI is InChI=1S/C37H39Cl2N9O5S/c1-4-15-46(36(51)42-19-24-10-13-27(38)28(39)17-24)47-22-32(49)48-29(18-23-8-11-26(12-9-23)53-37(52)41-14-16-44(2)3)34(50)45(21-31(47)48)20-25-6-5-7-30-33(25)43-35(40)54-30/h1,5-13,17,29,31H,14-16,18-22H2,2-3H3,(H2,40,43)(H,41,52)(H,42,51)/t29-,31+/m0/s1. The SMILES string of the molecule is C#CCN(C(=O)NCc1ccc(Cl)c(Cl)c1)N1CC(=O)N2[C@@H](Cc3ccc(OC(=O)NCCN(C)C)cc3)C(=O)N(Cc3cccc4sc(N)nc34)C[C@@H]21. The quantitative estimate of drug-likeness (QED) is 0.181. The molecule has 0 unspecified atom stereocenters. The van der Waals surface area contributed by atoms with Gasteiger partial charge in [0.05, 0.1) is 39.9 Å². The molecular formula is C37H39Cl2N9O5S. The van der Waals surface area contributed by atoms with E-state index in [0.717, 1.165) is 15.8 Å². The van der Waals surface area contributed by atoms with Crippen molar-refractivity contribution in [2.45, 2.75) is 31.7 Å². The zero-order valence-electron chi connectivity index (χ0n) is 29.6. The van der Waals surface area contributed by atoms with Crippen LogP contribution in [0.3, 0.4) is 0 Å². The molecule has 2 atom stereocenters. The molecule has 0 aliphatic carbocycles. The molecule has 2 aliphatic rings. The zero-order chi connectivity index (χ0) is 38.5. The second kappa shape index (κ2) is 16.9. The number of fused-ring (bicyclic) bond motifs is 2. The van der Waals surface area contributed by atoms with Crippen molar-refractivity contribution in [1.29, 1.82) is 0 Å². The molecule has 14 nitrogen and oxygen atoms in total. The molecule has 3 heterocycles. The van der Waals surface area contributed by atoms with Gasteiger partial charge in [-0.25, -0.2) is 19.6 Å². The second-order valence-corrected chi connectivity index (χ2v) is 14.9. The molecule has 282 valence electrons. The first kappa shape index (κ1) is 38.6. The topological polar surface area (TPSA) is 157 Å². The number of amides is 5. The highest BCUT2D eigenvalue weighted by molar-refractivity contribution is 7.22. The number of carbonyl (C=O) groups is 4. The Morgan fingerprint density at radius 1 is 1.07 bits per heavy atom. The number of para-hydroxylation sites is 1. The number of hydrogen-bond donors (Lipinski definition) is 3. The van der Waals surface area contributed by atoms with E-state index in [1.165, 1.54) is 16.3 Å². The Bertz CT molecular complexity index is 2090. The van der Waals surface area contributed by atoms with Crippen LogP contribution >= 0.6 is 34.5 Å². The first-order valence-electron chi connectivity index (χ1n) is 17.0. The second-order valence-electron chi connectivity index (χ2n) is 13.1. The lowest BCUT2D eigenvalue weighted by molar-refractivity contribution is -0.157. The number of aromatic nitrogens is 1. The number of ether oxygens (including phenoxy) is 1. The molecule has 2 saturated heterocycles. The molecular weight excluding hydrogens is 753 g/mol. The number of thiazole rings is 1. The number of likely N-dealkylation sites (N-methyl/N-ethyl adjacent to an activating group) is 1. The third kappa shape index (κ3) is 8.81. The van der Waals surface area contributed by atoms with E-state index in [-0.39, 0.29) is 51.0 Å². The molecule has 0 saturated carbocycles. The maximum Gasteiger partial charge on any atom is 0.412 e. The van der Waals surface area contributed by atoms with Crippen molar-refractivity contribution < 1.29 is 23.9 Å². The minimum absolute atomic E-state index is 0.0912. The number of benzene rings is 3. The lowest BCUT2D eigenvalue weighted by Gasteiger charge is -2.46. The summed E-state index contributed by atoms with van der Waals surface area (Å²) in [6.07, 6.45) is 4.60. The van der Waals surface area contributed by atoms with E-state index >= 15 is 0 Å². The molecule has 0 bridgehead atoms. The molecule has 54 heavy (non-hydrogen) atoms. The molecule has 2 fully saturated rings. The fourth-order valence-corrected chi connectivity index (χ4v) is 7.58. The predicted octanol–water partition coefficient (Wildman–Crippen LogP) is 4.02. The molecule has 0 radical (unpaired) electrons. The highest BCUT2D eigenvalue weighted by Crippen LogP contribution is 2.33. The van der Waals surface area contributed by atoms with Crippen LogP contribution in [0.25, 0.3) is 10.2 Å². The first-order chi connectivity index (χ1) is 25.9. The van der Waals surface area contributed by atoms with Gasteiger partial charge in [0, 0.05) is 32.6 Å². The van der Waals surface area contributed by atoms with Crippen LogP contribution < -0.4 is 21.1 Å². The highest BCUT2D eigenvalue weighted by atomic mass is 35.5. The lowest BCUT2D eigenvalue weighted by Crippen LogP contribution is -2.66. The number of hydrazine groups is 1. The summed E-state index contributed by atoms with van der Waals surface area (Å²) in [5.74, 6) is 2.26. The maximum absolute atomic E-state index is 14.4. The van der Waals surface area contributed by atoms with E-state index in [1.54, 1.807) is 57.3 Å². The Kier molecular flexibility index (Phi) is 12.1. The van der Waals surface area contributed by atoms with Crippen LogP contribution in [0.15, 0.2) is 60.7 Å². The zero-order valence-corrected chi connectivity index (χ0v) is 32.0. The van der Waals surface area contributed by atoms with Crippen LogP contribution in [0.1, 0.15) is 16.7 Å². The number of nitrogens with two attached hydrogens (primary N) is 1. The van der Waals surface area contributed by atoms with Crippen molar-refractivity contribution in [3.8, 4) is 18.1 Å². The van der Waals surface area contributed by atoms with Crippen molar-refractivity contribution in [2.75, 3.05) is 52.6 Å². The number of anilines is 1. The summed E-state index contributed by atoms with van der Waals surface area (Å²) >= 11 is 13.6. The monoisotopic (exact) mass is 791 g/mol. The smallest absolute Gasteiger partial charge is 0.410 e. The van der Waals surface area contributed by atoms with Gasteiger partial charge in [-0.2, -0.15) is 5.01 Å². The summed E-state index contributed by atoms with van der Waals surface area (Å²) < 4.78 is 6.30. The Balaban J connectivity index is 1.25. The van der Waals surface area contributed by atoms with Gasteiger partial charge in [-0.15, -0.1) is 6.42 Å². The summed E-state index contributed by atoms with van der Waals surface area (Å²) in [7, 11) is 3.81. The minimum atomic E-state index is -0.922. The molecule has 2 aliphatic heterocycles. The van der Waals surface area contributed by atoms with Crippen LogP contribution in [-0.2, 0) is 29.1 Å². The molecule has 17 heteroatoms. The number of hydrogen-bond acceptors (Lipinski definition) is 10. The molecule has 5 amide bonds. The van der Waals surface area contributed by atoms with Crippen LogP contribution in [0.4, 0.5) is 14.7 Å². The predicted molar refractivity (Wildman–Crippen MR) is 208 cm³/mol. The number of urea groups is 1. The van der Waals surface area contributed by atoms with Crippen molar-refractivity contribution in [1.82, 2.24) is 40.3 Å². The molecule has 3 aromatic carbocycles. The van der Waals surface area contributed by atoms with E-state index < -0.39 is 24.3 Å². The van der Waals surface area contributed by atoms with Crippen LogP contribution in [-0.4, -0.2) is 113 Å². The first-order valence-corrected chi connectivity index (χ1v) is 18.6. The summed E-state index contributed by atoms with van der Waals surface area (Å²) in [4.78, 5) is 64.0. The van der Waals surface area contributed by atoms with Gasteiger partial charge in [0.2, 0.25) is 11.8 Å². The third-order valence-corrected chi connectivity index (χ3v) is 10.6. The largest absolute Gasteiger partial charge is 0.412 e. The number of piperazine rings is 1. The summed E-state index contributed by atoms with van der Waals surface area (Å²) in [6, 6.07) is 16.1. The van der Waals surface area contributed by atoms with E-state index in [0.29, 0.717) is 45.1 Å². The average molecular weight is 793 g/mol. The molecule has 0 spiro atoms. The molecule has 4 aromatic rings. The summed E-state index contributed by atoms with van der Waals surface area (Å²) in [5.41, 5.74) is 8.97. The van der Waals surface area contributed by atoms with E-state index in [9.17, 15) is 19.2 Å². The number of nitrogens with zero attached hydrogens (tertiary/aromatic N) is 6. The van der Waals surface area contributed by atoms with Crippen molar-refractivity contribution in [3.05, 3.63) is 87.4 Å². The van der Waals surface area contributed by atoms with Gasteiger partial charge in [-0.1, -0.05) is 70.8 Å².